The lowest BCUT2D eigenvalue weighted by Gasteiger charge is -2.37. The van der Waals surface area contributed by atoms with Crippen molar-refractivity contribution in [1.82, 2.24) is 0 Å². The molecule has 0 saturated heterocycles. The summed E-state index contributed by atoms with van der Waals surface area (Å²) in [6.45, 7) is 3.64. The molecular formula is C12H15BrO4. The van der Waals surface area contributed by atoms with Gasteiger partial charge in [0.25, 0.3) is 0 Å². The first-order valence-electron chi connectivity index (χ1n) is 5.55. The van der Waals surface area contributed by atoms with Gasteiger partial charge in [-0.2, -0.15) is 0 Å². The Hall–Kier alpha value is -0.710. The van der Waals surface area contributed by atoms with E-state index in [0.717, 1.165) is 0 Å². The third-order valence-corrected chi connectivity index (χ3v) is 5.94. The molecule has 0 aromatic carbocycles. The number of ether oxygens (including phenoxy) is 1. The van der Waals surface area contributed by atoms with Gasteiger partial charge in [-0.1, -0.05) is 29.8 Å². The highest BCUT2D eigenvalue weighted by Gasteiger charge is 2.79. The van der Waals surface area contributed by atoms with E-state index in [-0.39, 0.29) is 0 Å². The summed E-state index contributed by atoms with van der Waals surface area (Å²) >= 11 is 3.33. The lowest BCUT2D eigenvalue weighted by molar-refractivity contribution is -0.163. The van der Waals surface area contributed by atoms with Crippen LogP contribution in [0.2, 0.25) is 0 Å². The van der Waals surface area contributed by atoms with Gasteiger partial charge in [0, 0.05) is 10.7 Å². The van der Waals surface area contributed by atoms with Crippen LogP contribution >= 0.6 is 15.9 Å². The number of fused-ring (bicyclic) bond motifs is 2. The third-order valence-electron chi connectivity index (χ3n) is 4.98. The van der Waals surface area contributed by atoms with Crippen LogP contribution in [0.5, 0.6) is 0 Å². The van der Waals surface area contributed by atoms with Gasteiger partial charge in [0.05, 0.1) is 12.5 Å². The van der Waals surface area contributed by atoms with Gasteiger partial charge in [-0.25, -0.2) is 0 Å². The lowest BCUT2D eigenvalue weighted by atomic mass is 9.65. The van der Waals surface area contributed by atoms with Gasteiger partial charge in [0.1, 0.15) is 5.41 Å². The maximum Gasteiger partial charge on any atom is 0.320 e. The number of alkyl halides is 1. The van der Waals surface area contributed by atoms with Crippen molar-refractivity contribution in [3.05, 3.63) is 0 Å². The molecule has 2 rings (SSSR count). The number of rotatable bonds is 2. The third kappa shape index (κ3) is 1.03. The molecule has 94 valence electrons. The van der Waals surface area contributed by atoms with Gasteiger partial charge < -0.3 is 4.74 Å². The maximum atomic E-state index is 12.2. The predicted molar refractivity (Wildman–Crippen MR) is 63.7 cm³/mol. The quantitative estimate of drug-likeness (QED) is 0.336. The molecule has 2 saturated carbocycles. The smallest absolute Gasteiger partial charge is 0.320 e. The summed E-state index contributed by atoms with van der Waals surface area (Å²) in [5, 5.41) is 0.413. The van der Waals surface area contributed by atoms with Crippen molar-refractivity contribution in [2.45, 2.75) is 26.7 Å². The van der Waals surface area contributed by atoms with Crippen molar-refractivity contribution in [1.29, 1.82) is 0 Å². The minimum atomic E-state index is -1.27. The Morgan fingerprint density at radius 2 is 1.88 bits per heavy atom. The van der Waals surface area contributed by atoms with Crippen LogP contribution in [0.3, 0.4) is 0 Å². The van der Waals surface area contributed by atoms with E-state index < -0.39 is 33.8 Å². The first-order chi connectivity index (χ1) is 7.81. The van der Waals surface area contributed by atoms with Crippen LogP contribution in [0, 0.1) is 16.2 Å². The molecule has 0 amide bonds. The Balaban J connectivity index is 2.68. The minimum absolute atomic E-state index is 0.406. The number of halogens is 1. The van der Waals surface area contributed by atoms with Gasteiger partial charge >= 0.3 is 5.97 Å². The van der Waals surface area contributed by atoms with Crippen LogP contribution in [0.1, 0.15) is 26.7 Å². The first kappa shape index (κ1) is 12.7. The summed E-state index contributed by atoms with van der Waals surface area (Å²) in [7, 11) is 1.26. The average Bonchev–Trinajstić information content (AvgIpc) is 2.61. The molecule has 0 N–H and O–H groups in total. The van der Waals surface area contributed by atoms with Crippen molar-refractivity contribution in [3.8, 4) is 0 Å². The second-order valence-corrected chi connectivity index (χ2v) is 5.96. The number of hydrogen-bond donors (Lipinski definition) is 0. The molecule has 0 aromatic heterocycles. The van der Waals surface area contributed by atoms with E-state index in [4.69, 9.17) is 4.74 Å². The molecule has 2 atom stereocenters. The second-order valence-electron chi connectivity index (χ2n) is 5.40. The monoisotopic (exact) mass is 302 g/mol. The minimum Gasteiger partial charge on any atom is -0.468 e. The zero-order chi connectivity index (χ0) is 13.1. The molecule has 2 aliphatic rings. The van der Waals surface area contributed by atoms with Gasteiger partial charge in [0.2, 0.25) is 11.6 Å². The van der Waals surface area contributed by atoms with Gasteiger partial charge in [-0.15, -0.1) is 0 Å². The summed E-state index contributed by atoms with van der Waals surface area (Å²) in [5.74, 6) is -1.56. The lowest BCUT2D eigenvalue weighted by Crippen LogP contribution is -2.45. The summed E-state index contributed by atoms with van der Waals surface area (Å²) in [6, 6.07) is 0. The number of methoxy groups -OCH3 is 1. The van der Waals surface area contributed by atoms with Crippen LogP contribution in [-0.4, -0.2) is 30.0 Å². The standard InChI is InChI=1S/C12H15BrO4/c1-10(2)11(6-13)4-5-12(10,9(16)17-3)8(15)7(11)14/h4-6H2,1-3H3/t11-,12+/m1/s1. The summed E-state index contributed by atoms with van der Waals surface area (Å²) in [6.07, 6.45) is 0.966. The van der Waals surface area contributed by atoms with E-state index in [1.165, 1.54) is 7.11 Å². The molecular weight excluding hydrogens is 288 g/mol. The van der Waals surface area contributed by atoms with E-state index >= 15 is 0 Å². The fourth-order valence-electron chi connectivity index (χ4n) is 3.56. The van der Waals surface area contributed by atoms with E-state index in [2.05, 4.69) is 15.9 Å². The Morgan fingerprint density at radius 1 is 1.29 bits per heavy atom. The largest absolute Gasteiger partial charge is 0.468 e. The van der Waals surface area contributed by atoms with Crippen molar-refractivity contribution in [2.75, 3.05) is 12.4 Å². The van der Waals surface area contributed by atoms with E-state index in [0.29, 0.717) is 18.2 Å². The van der Waals surface area contributed by atoms with Crippen molar-refractivity contribution < 1.29 is 19.1 Å². The molecule has 2 fully saturated rings. The number of hydrogen-bond acceptors (Lipinski definition) is 4. The summed E-state index contributed by atoms with van der Waals surface area (Å²) in [4.78, 5) is 36.4. The van der Waals surface area contributed by atoms with Crippen molar-refractivity contribution in [3.63, 3.8) is 0 Å². The Morgan fingerprint density at radius 3 is 2.29 bits per heavy atom. The topological polar surface area (TPSA) is 60.4 Å². The number of Topliss-reactive ketones (excluding diaryl/α,β-unsaturated/α-hetero) is 2. The summed E-state index contributed by atoms with van der Waals surface area (Å²) < 4.78 is 4.77. The Bertz CT molecular complexity index is 428. The first-order valence-corrected chi connectivity index (χ1v) is 6.67. The normalized spacial score (nSPS) is 38.6. The fourth-order valence-corrected chi connectivity index (χ4v) is 4.79. The van der Waals surface area contributed by atoms with Crippen LogP contribution in [0.4, 0.5) is 0 Å². The van der Waals surface area contributed by atoms with Crippen molar-refractivity contribution >= 4 is 33.5 Å². The SMILES string of the molecule is COC(=O)[C@]12CC[C@@](CBr)(C(=O)C1=O)C2(C)C. The molecule has 17 heavy (non-hydrogen) atoms. The van der Waals surface area contributed by atoms with Crippen molar-refractivity contribution in [2.24, 2.45) is 16.2 Å². The fraction of sp³-hybridized carbons (Fsp3) is 0.750. The Kier molecular flexibility index (Phi) is 2.55. The van der Waals surface area contributed by atoms with Crippen LogP contribution in [0.25, 0.3) is 0 Å². The van der Waals surface area contributed by atoms with Crippen LogP contribution < -0.4 is 0 Å². The predicted octanol–water partition coefficient (Wildman–Crippen LogP) is 1.50. The van der Waals surface area contributed by atoms with E-state index in [1.807, 2.05) is 13.8 Å². The molecule has 0 unspecified atom stereocenters. The molecule has 0 spiro atoms. The van der Waals surface area contributed by atoms with Gasteiger partial charge in [-0.3, -0.25) is 14.4 Å². The molecule has 2 aliphatic carbocycles. The van der Waals surface area contributed by atoms with Gasteiger partial charge in [-0.05, 0) is 12.8 Å². The number of ketones is 2. The maximum absolute atomic E-state index is 12.2. The number of carbonyl (C=O) groups is 3. The number of carbonyl (C=O) groups excluding carboxylic acids is 3. The average molecular weight is 303 g/mol. The zero-order valence-corrected chi connectivity index (χ0v) is 11.7. The molecule has 5 heteroatoms. The molecule has 4 nitrogen and oxygen atoms in total. The van der Waals surface area contributed by atoms with E-state index in [9.17, 15) is 14.4 Å². The van der Waals surface area contributed by atoms with E-state index in [1.54, 1.807) is 0 Å². The van der Waals surface area contributed by atoms with Gasteiger partial charge in [0.15, 0.2) is 0 Å². The molecule has 0 radical (unpaired) electrons. The highest BCUT2D eigenvalue weighted by Crippen LogP contribution is 2.69. The highest BCUT2D eigenvalue weighted by atomic mass is 79.9. The summed E-state index contributed by atoms with van der Waals surface area (Å²) in [5.41, 5.74) is -2.71. The highest BCUT2D eigenvalue weighted by molar-refractivity contribution is 9.09. The number of esters is 1. The van der Waals surface area contributed by atoms with Crippen LogP contribution in [0.15, 0.2) is 0 Å². The zero-order valence-electron chi connectivity index (χ0n) is 10.1. The van der Waals surface area contributed by atoms with Crippen LogP contribution in [-0.2, 0) is 19.1 Å². The Labute approximate surface area is 108 Å². The molecule has 0 aliphatic heterocycles. The second kappa shape index (κ2) is 3.40. The molecule has 2 bridgehead atoms. The molecule has 0 heterocycles. The molecule has 0 aromatic rings.